The fraction of sp³-hybridized carbons (Fsp3) is 0.766. The van der Waals surface area contributed by atoms with Gasteiger partial charge in [-0.1, -0.05) is 171 Å². The number of carbonyl (C=O) groups excluding carboxylic acids is 1. The summed E-state index contributed by atoms with van der Waals surface area (Å²) < 4.78 is 11.2. The molecule has 1 fully saturated rings. The smallest absolute Gasteiger partial charge is 0.220 e. The largest absolute Gasteiger partial charge is 0.394 e. The van der Waals surface area contributed by atoms with Gasteiger partial charge in [0, 0.05) is 6.42 Å². The molecule has 7 atom stereocenters. The topological polar surface area (TPSA) is 149 Å². The third-order valence-electron chi connectivity index (χ3n) is 10.3. The Labute approximate surface area is 341 Å². The van der Waals surface area contributed by atoms with Gasteiger partial charge in [0.15, 0.2) is 6.29 Å². The predicted molar refractivity (Wildman–Crippen MR) is 230 cm³/mol. The fourth-order valence-corrected chi connectivity index (χ4v) is 6.68. The number of hydrogen-bond acceptors (Lipinski definition) is 8. The minimum absolute atomic E-state index is 0.213. The summed E-state index contributed by atoms with van der Waals surface area (Å²) in [5, 5.41) is 54.0. The molecule has 0 spiro atoms. The highest BCUT2D eigenvalue weighted by atomic mass is 16.7. The third-order valence-corrected chi connectivity index (χ3v) is 10.3. The molecule has 0 aromatic carbocycles. The lowest BCUT2D eigenvalue weighted by Crippen LogP contribution is -2.60. The Morgan fingerprint density at radius 1 is 0.607 bits per heavy atom. The van der Waals surface area contributed by atoms with Crippen molar-refractivity contribution < 1.29 is 39.8 Å². The van der Waals surface area contributed by atoms with Crippen LogP contribution in [0.3, 0.4) is 0 Å². The number of aliphatic hydroxyl groups excluding tert-OH is 5. The highest BCUT2D eigenvalue weighted by Crippen LogP contribution is 2.22. The summed E-state index contributed by atoms with van der Waals surface area (Å²) in [5.41, 5.74) is 0. The van der Waals surface area contributed by atoms with E-state index in [1.165, 1.54) is 103 Å². The molecule has 0 aromatic rings. The molecule has 0 bridgehead atoms. The molecule has 2 unspecified atom stereocenters. The summed E-state index contributed by atoms with van der Waals surface area (Å²) in [6, 6.07) is -0.834. The number of carbonyl (C=O) groups is 1. The van der Waals surface area contributed by atoms with E-state index in [0.717, 1.165) is 44.9 Å². The van der Waals surface area contributed by atoms with Gasteiger partial charge >= 0.3 is 0 Å². The average molecular weight is 790 g/mol. The molecular formula is C47H83NO8. The Morgan fingerprint density at radius 2 is 1.05 bits per heavy atom. The van der Waals surface area contributed by atoms with Gasteiger partial charge in [0.25, 0.3) is 0 Å². The standard InChI is InChI=1S/C47H83NO8/c1-3-5-7-9-11-13-15-17-18-19-20-21-22-23-24-25-27-29-31-33-35-37-43(51)48-40(39-55-47-46(54)45(53)44(52)42(38-49)56-47)41(50)36-34-32-30-28-26-16-14-12-10-8-6-4-2/h18-19,21-22,24-25,29,31,34,36,40-42,44-47,49-50,52-54H,3-17,20,23,26-28,30,32-33,35,37-39H2,1-2H3,(H,48,51)/b19-18+,22-21+,25-24+,31-29+,36-34+/t40-,41+,42-,44-,45?,46?,47-/m0/s1. The summed E-state index contributed by atoms with van der Waals surface area (Å²) in [5.74, 6) is -0.234. The first-order valence-electron chi connectivity index (χ1n) is 22.5. The van der Waals surface area contributed by atoms with Crippen LogP contribution in [0.15, 0.2) is 60.8 Å². The van der Waals surface area contributed by atoms with Gasteiger partial charge in [-0.15, -0.1) is 0 Å². The monoisotopic (exact) mass is 790 g/mol. The lowest BCUT2D eigenvalue weighted by molar-refractivity contribution is -0.302. The van der Waals surface area contributed by atoms with Crippen molar-refractivity contribution in [1.29, 1.82) is 0 Å². The van der Waals surface area contributed by atoms with Gasteiger partial charge in [0.1, 0.15) is 24.4 Å². The van der Waals surface area contributed by atoms with Crippen molar-refractivity contribution in [2.45, 2.75) is 217 Å². The molecule has 0 aromatic heterocycles. The number of unbranched alkanes of at least 4 members (excludes halogenated alkanes) is 18. The molecule has 1 heterocycles. The van der Waals surface area contributed by atoms with Crippen molar-refractivity contribution in [2.24, 2.45) is 0 Å². The molecule has 1 amide bonds. The van der Waals surface area contributed by atoms with Crippen LogP contribution < -0.4 is 5.32 Å². The van der Waals surface area contributed by atoms with E-state index in [9.17, 15) is 30.3 Å². The van der Waals surface area contributed by atoms with Crippen LogP contribution in [0.2, 0.25) is 0 Å². The van der Waals surface area contributed by atoms with Gasteiger partial charge in [-0.3, -0.25) is 4.79 Å². The summed E-state index contributed by atoms with van der Waals surface area (Å²) in [6.07, 6.45) is 41.3. The molecule has 0 aliphatic carbocycles. The average Bonchev–Trinajstić information content (AvgIpc) is 3.20. The van der Waals surface area contributed by atoms with E-state index in [1.807, 2.05) is 6.08 Å². The molecule has 324 valence electrons. The molecule has 0 radical (unpaired) electrons. The summed E-state index contributed by atoms with van der Waals surface area (Å²) >= 11 is 0. The molecule has 9 nitrogen and oxygen atoms in total. The van der Waals surface area contributed by atoms with Crippen molar-refractivity contribution >= 4 is 5.91 Å². The van der Waals surface area contributed by atoms with Gasteiger partial charge in [-0.05, 0) is 57.8 Å². The predicted octanol–water partition coefficient (Wildman–Crippen LogP) is 9.22. The number of amides is 1. The lowest BCUT2D eigenvalue weighted by Gasteiger charge is -2.40. The number of allylic oxidation sites excluding steroid dienone is 9. The van der Waals surface area contributed by atoms with Crippen LogP contribution in [0.4, 0.5) is 0 Å². The highest BCUT2D eigenvalue weighted by Gasteiger charge is 2.44. The number of aliphatic hydroxyl groups is 5. The third kappa shape index (κ3) is 27.5. The normalized spacial score (nSPS) is 21.7. The molecule has 1 rings (SSSR count). The van der Waals surface area contributed by atoms with E-state index >= 15 is 0 Å². The van der Waals surface area contributed by atoms with Crippen LogP contribution in [0.25, 0.3) is 0 Å². The van der Waals surface area contributed by atoms with E-state index in [4.69, 9.17) is 9.47 Å². The molecule has 9 heteroatoms. The van der Waals surface area contributed by atoms with Crippen molar-refractivity contribution in [3.63, 3.8) is 0 Å². The fourth-order valence-electron chi connectivity index (χ4n) is 6.68. The number of hydrogen-bond donors (Lipinski definition) is 6. The van der Waals surface area contributed by atoms with E-state index in [1.54, 1.807) is 6.08 Å². The van der Waals surface area contributed by atoms with E-state index in [-0.39, 0.29) is 18.9 Å². The maximum atomic E-state index is 12.9. The SMILES string of the molecule is CCCCCCCCC/C=C/C/C=C/C/C=C/C/C=C/CCCC(=O)N[C@@H](CO[C@H]1O[C@@H](CO)[C@H](O)C(O)C1O)[C@H](O)/C=C/CCCCCCCCCCCC. The van der Waals surface area contributed by atoms with E-state index in [2.05, 4.69) is 67.8 Å². The Balaban J connectivity index is 2.41. The molecular weight excluding hydrogens is 707 g/mol. The van der Waals surface area contributed by atoms with Gasteiger partial charge in [-0.25, -0.2) is 0 Å². The van der Waals surface area contributed by atoms with Crippen LogP contribution >= 0.6 is 0 Å². The molecule has 1 aliphatic rings. The molecule has 56 heavy (non-hydrogen) atoms. The van der Waals surface area contributed by atoms with Crippen molar-refractivity contribution in [3.8, 4) is 0 Å². The van der Waals surface area contributed by atoms with Gasteiger partial charge in [0.05, 0.1) is 25.4 Å². The Hall–Kier alpha value is -2.11. The summed E-state index contributed by atoms with van der Waals surface area (Å²) in [4.78, 5) is 12.9. The first-order valence-corrected chi connectivity index (χ1v) is 22.5. The Bertz CT molecular complexity index is 1060. The molecule has 1 saturated heterocycles. The summed E-state index contributed by atoms with van der Waals surface area (Å²) in [6.45, 7) is 3.71. The van der Waals surface area contributed by atoms with Crippen LogP contribution in [-0.4, -0.2) is 87.5 Å². The minimum atomic E-state index is -1.58. The second kappa shape index (κ2) is 37.2. The number of rotatable bonds is 36. The Kier molecular flexibility index (Phi) is 34.5. The van der Waals surface area contributed by atoms with Crippen molar-refractivity contribution in [1.82, 2.24) is 5.32 Å². The maximum Gasteiger partial charge on any atom is 0.220 e. The van der Waals surface area contributed by atoms with Crippen molar-refractivity contribution in [2.75, 3.05) is 13.2 Å². The van der Waals surface area contributed by atoms with Gasteiger partial charge in [-0.2, -0.15) is 0 Å². The molecule has 6 N–H and O–H groups in total. The zero-order chi connectivity index (χ0) is 40.9. The number of ether oxygens (including phenoxy) is 2. The minimum Gasteiger partial charge on any atom is -0.394 e. The van der Waals surface area contributed by atoms with Crippen LogP contribution in [0, 0.1) is 0 Å². The summed E-state index contributed by atoms with van der Waals surface area (Å²) in [7, 11) is 0. The van der Waals surface area contributed by atoms with Crippen LogP contribution in [0.1, 0.15) is 174 Å². The van der Waals surface area contributed by atoms with E-state index in [0.29, 0.717) is 6.42 Å². The zero-order valence-corrected chi connectivity index (χ0v) is 35.4. The first kappa shape index (κ1) is 51.9. The second-order valence-corrected chi connectivity index (χ2v) is 15.5. The van der Waals surface area contributed by atoms with Gasteiger partial charge < -0.3 is 40.3 Å². The van der Waals surface area contributed by atoms with E-state index < -0.39 is 49.5 Å². The van der Waals surface area contributed by atoms with Crippen LogP contribution in [-0.2, 0) is 14.3 Å². The van der Waals surface area contributed by atoms with Gasteiger partial charge in [0.2, 0.25) is 5.91 Å². The quantitative estimate of drug-likeness (QED) is 0.0272. The Morgan fingerprint density at radius 3 is 1.55 bits per heavy atom. The molecule has 1 aliphatic heterocycles. The zero-order valence-electron chi connectivity index (χ0n) is 35.4. The van der Waals surface area contributed by atoms with Crippen LogP contribution in [0.5, 0.6) is 0 Å². The number of nitrogens with one attached hydrogen (secondary N) is 1. The highest BCUT2D eigenvalue weighted by molar-refractivity contribution is 5.76. The second-order valence-electron chi connectivity index (χ2n) is 15.5. The molecule has 0 saturated carbocycles. The van der Waals surface area contributed by atoms with Crippen molar-refractivity contribution in [3.05, 3.63) is 60.8 Å². The maximum absolute atomic E-state index is 12.9. The first-order chi connectivity index (χ1) is 27.3. The lowest BCUT2D eigenvalue weighted by atomic mass is 9.99.